The fourth-order valence-corrected chi connectivity index (χ4v) is 3.52. The monoisotopic (exact) mass is 432 g/mol. The van der Waals surface area contributed by atoms with Crippen molar-refractivity contribution >= 4 is 43.5 Å². The summed E-state index contributed by atoms with van der Waals surface area (Å²) in [6.07, 6.45) is -0.243. The molecule has 1 unspecified atom stereocenters. The van der Waals surface area contributed by atoms with Gasteiger partial charge in [0.2, 0.25) is 6.79 Å². The average Bonchev–Trinajstić information content (AvgIpc) is 2.90. The average molecular weight is 435 g/mol. The van der Waals surface area contributed by atoms with E-state index in [-0.39, 0.29) is 6.79 Å². The van der Waals surface area contributed by atoms with E-state index in [1.165, 1.54) is 0 Å². The summed E-state index contributed by atoms with van der Waals surface area (Å²) in [6, 6.07) is 9.26. The van der Waals surface area contributed by atoms with Crippen molar-refractivity contribution in [3.63, 3.8) is 0 Å². The van der Waals surface area contributed by atoms with Crippen LogP contribution < -0.4 is 9.47 Å². The summed E-state index contributed by atoms with van der Waals surface area (Å²) in [4.78, 5) is 0. The van der Waals surface area contributed by atoms with E-state index in [0.29, 0.717) is 22.9 Å². The first-order chi connectivity index (χ1) is 10.0. The molecule has 0 saturated carbocycles. The third-order valence-corrected chi connectivity index (χ3v) is 4.70. The second-order valence-electron chi connectivity index (χ2n) is 4.69. The maximum absolute atomic E-state index is 10.4. The Morgan fingerprint density at radius 3 is 2.76 bits per heavy atom. The van der Waals surface area contributed by atoms with Crippen molar-refractivity contribution in [3.8, 4) is 11.5 Å². The van der Waals surface area contributed by atoms with Gasteiger partial charge in [0, 0.05) is 15.9 Å². The number of rotatable bonds is 3. The first-order valence-electron chi connectivity index (χ1n) is 6.25. The van der Waals surface area contributed by atoms with Crippen molar-refractivity contribution in [1.29, 1.82) is 0 Å². The molecule has 0 fully saturated rings. The summed E-state index contributed by atoms with van der Waals surface area (Å²) >= 11 is 13.0. The molecule has 3 rings (SSSR count). The summed E-state index contributed by atoms with van der Waals surface area (Å²) in [6.45, 7) is 0.200. The van der Waals surface area contributed by atoms with Gasteiger partial charge in [-0.1, -0.05) is 33.6 Å². The minimum absolute atomic E-state index is 0.200. The molecule has 6 heteroatoms. The van der Waals surface area contributed by atoms with Gasteiger partial charge < -0.3 is 14.6 Å². The third-order valence-electron chi connectivity index (χ3n) is 3.26. The van der Waals surface area contributed by atoms with Crippen molar-refractivity contribution in [2.24, 2.45) is 0 Å². The van der Waals surface area contributed by atoms with Crippen molar-refractivity contribution in [1.82, 2.24) is 0 Å². The van der Waals surface area contributed by atoms with Gasteiger partial charge in [0.25, 0.3) is 0 Å². The Morgan fingerprint density at radius 2 is 2.00 bits per heavy atom. The van der Waals surface area contributed by atoms with E-state index in [9.17, 15) is 5.11 Å². The highest BCUT2D eigenvalue weighted by Gasteiger charge is 2.21. The van der Waals surface area contributed by atoms with E-state index in [4.69, 9.17) is 21.1 Å². The van der Waals surface area contributed by atoms with Crippen molar-refractivity contribution in [3.05, 3.63) is 55.4 Å². The van der Waals surface area contributed by atoms with Gasteiger partial charge in [-0.2, -0.15) is 0 Å². The van der Waals surface area contributed by atoms with E-state index in [0.717, 1.165) is 20.1 Å². The molecule has 0 aromatic heterocycles. The van der Waals surface area contributed by atoms with E-state index < -0.39 is 6.10 Å². The van der Waals surface area contributed by atoms with Crippen LogP contribution in [0.25, 0.3) is 0 Å². The topological polar surface area (TPSA) is 38.7 Å². The molecule has 2 aromatic rings. The highest BCUT2D eigenvalue weighted by Crippen LogP contribution is 2.41. The SMILES string of the molecule is OC(Cc1ccc(Br)cc1Cl)c1cc(Br)c2c(c1)OCO2. The van der Waals surface area contributed by atoms with E-state index in [2.05, 4.69) is 31.9 Å². The van der Waals surface area contributed by atoms with Gasteiger partial charge in [0.1, 0.15) is 0 Å². The number of halogens is 3. The lowest BCUT2D eigenvalue weighted by molar-refractivity contribution is 0.171. The number of aliphatic hydroxyl groups excluding tert-OH is 1. The van der Waals surface area contributed by atoms with Crippen LogP contribution in [0.2, 0.25) is 5.02 Å². The maximum atomic E-state index is 10.4. The normalized spacial score (nSPS) is 14.3. The second-order valence-corrected chi connectivity index (χ2v) is 6.87. The fourth-order valence-electron chi connectivity index (χ4n) is 2.19. The van der Waals surface area contributed by atoms with Gasteiger partial charge in [0.15, 0.2) is 11.5 Å². The zero-order valence-corrected chi connectivity index (χ0v) is 14.7. The Hall–Kier alpha value is -0.750. The highest BCUT2D eigenvalue weighted by molar-refractivity contribution is 9.10. The van der Waals surface area contributed by atoms with E-state index in [1.807, 2.05) is 24.3 Å². The fraction of sp³-hybridized carbons (Fsp3) is 0.200. The molecule has 2 aromatic carbocycles. The van der Waals surface area contributed by atoms with Crippen LogP contribution in [0.3, 0.4) is 0 Å². The van der Waals surface area contributed by atoms with Gasteiger partial charge >= 0.3 is 0 Å². The van der Waals surface area contributed by atoms with Crippen LogP contribution in [0.5, 0.6) is 11.5 Å². The second kappa shape index (κ2) is 6.16. The zero-order valence-electron chi connectivity index (χ0n) is 10.8. The molecular weight excluding hydrogens is 423 g/mol. The summed E-state index contributed by atoms with van der Waals surface area (Å²) in [5.41, 5.74) is 1.64. The molecule has 0 spiro atoms. The summed E-state index contributed by atoms with van der Waals surface area (Å²) < 4.78 is 12.4. The van der Waals surface area contributed by atoms with Gasteiger partial charge in [-0.05, 0) is 51.3 Å². The molecule has 0 saturated heterocycles. The molecule has 3 nitrogen and oxygen atoms in total. The molecule has 0 aliphatic carbocycles. The van der Waals surface area contributed by atoms with Crippen molar-refractivity contribution in [2.45, 2.75) is 12.5 Å². The Morgan fingerprint density at radius 1 is 1.19 bits per heavy atom. The van der Waals surface area contributed by atoms with Crippen molar-refractivity contribution < 1.29 is 14.6 Å². The largest absolute Gasteiger partial charge is 0.454 e. The van der Waals surface area contributed by atoms with E-state index >= 15 is 0 Å². The maximum Gasteiger partial charge on any atom is 0.231 e. The minimum Gasteiger partial charge on any atom is -0.454 e. The standard InChI is InChI=1S/C15H11Br2ClO3/c16-10-2-1-8(12(18)6-10)4-13(19)9-3-11(17)15-14(5-9)20-7-21-15/h1-3,5-6,13,19H,4,7H2. The predicted octanol–water partition coefficient (Wildman–Crippen LogP) is 4.87. The van der Waals surface area contributed by atoms with Crippen LogP contribution in [-0.2, 0) is 6.42 Å². The zero-order chi connectivity index (χ0) is 15.0. The summed E-state index contributed by atoms with van der Waals surface area (Å²) in [5.74, 6) is 1.31. The smallest absolute Gasteiger partial charge is 0.231 e. The number of aliphatic hydroxyl groups is 1. The van der Waals surface area contributed by atoms with Gasteiger partial charge in [0.05, 0.1) is 10.6 Å². The van der Waals surface area contributed by atoms with Crippen LogP contribution in [0.4, 0.5) is 0 Å². The molecule has 1 atom stereocenters. The van der Waals surface area contributed by atoms with Crippen LogP contribution >= 0.6 is 43.5 Å². The quantitative estimate of drug-likeness (QED) is 0.749. The minimum atomic E-state index is -0.672. The highest BCUT2D eigenvalue weighted by atomic mass is 79.9. The Kier molecular flexibility index (Phi) is 4.45. The number of hydrogen-bond acceptors (Lipinski definition) is 3. The Balaban J connectivity index is 1.85. The lowest BCUT2D eigenvalue weighted by atomic mass is 10.0. The molecular formula is C15H11Br2ClO3. The number of hydrogen-bond donors (Lipinski definition) is 1. The summed E-state index contributed by atoms with van der Waals surface area (Å²) in [7, 11) is 0. The first-order valence-corrected chi connectivity index (χ1v) is 8.22. The van der Waals surface area contributed by atoms with Crippen LogP contribution in [-0.4, -0.2) is 11.9 Å². The molecule has 1 aliphatic rings. The summed E-state index contributed by atoms with van der Waals surface area (Å²) in [5, 5.41) is 11.1. The lowest BCUT2D eigenvalue weighted by Gasteiger charge is -2.14. The number of fused-ring (bicyclic) bond motifs is 1. The van der Waals surface area contributed by atoms with E-state index in [1.54, 1.807) is 6.07 Å². The van der Waals surface area contributed by atoms with Gasteiger partial charge in [-0.3, -0.25) is 0 Å². The molecule has 0 amide bonds. The molecule has 0 bridgehead atoms. The Bertz CT molecular complexity index is 691. The lowest BCUT2D eigenvalue weighted by Crippen LogP contribution is -2.02. The predicted molar refractivity (Wildman–Crippen MR) is 88.1 cm³/mol. The molecule has 1 N–H and O–H groups in total. The third kappa shape index (κ3) is 3.21. The van der Waals surface area contributed by atoms with Gasteiger partial charge in [-0.15, -0.1) is 0 Å². The van der Waals surface area contributed by atoms with Crippen LogP contribution in [0.1, 0.15) is 17.2 Å². The molecule has 1 aliphatic heterocycles. The first kappa shape index (κ1) is 15.2. The molecule has 110 valence electrons. The van der Waals surface area contributed by atoms with Crippen molar-refractivity contribution in [2.75, 3.05) is 6.79 Å². The number of benzene rings is 2. The van der Waals surface area contributed by atoms with Crippen LogP contribution in [0, 0.1) is 0 Å². The molecule has 21 heavy (non-hydrogen) atoms. The van der Waals surface area contributed by atoms with Gasteiger partial charge in [-0.25, -0.2) is 0 Å². The number of ether oxygens (including phenoxy) is 2. The molecule has 0 radical (unpaired) electrons. The molecule has 1 heterocycles. The van der Waals surface area contributed by atoms with Crippen LogP contribution in [0.15, 0.2) is 39.3 Å². The Labute approximate surface area is 144 Å².